The van der Waals surface area contributed by atoms with Crippen LogP contribution in [0.5, 0.6) is 11.5 Å². The quantitative estimate of drug-likeness (QED) is 0.852. The van der Waals surface area contributed by atoms with Gasteiger partial charge in [0.1, 0.15) is 0 Å². The molecule has 0 spiro atoms. The van der Waals surface area contributed by atoms with Crippen LogP contribution < -0.4 is 9.47 Å². The summed E-state index contributed by atoms with van der Waals surface area (Å²) in [5.74, 6) is 0.253. The lowest BCUT2D eigenvalue weighted by atomic mass is 10.1. The molecule has 1 rings (SSSR count). The van der Waals surface area contributed by atoms with E-state index >= 15 is 0 Å². The Morgan fingerprint density at radius 2 is 2.06 bits per heavy atom. The van der Waals surface area contributed by atoms with Crippen LogP contribution in [-0.4, -0.2) is 25.3 Å². The maximum Gasteiger partial charge on any atom is 0.303 e. The molecule has 94 valence electrons. The molecule has 4 nitrogen and oxygen atoms in total. The SMILES string of the molecule is COc1ccc(CCCC(=O)O)c(Cl)c1OC. The molecule has 0 aliphatic rings. The van der Waals surface area contributed by atoms with Gasteiger partial charge < -0.3 is 14.6 Å². The molecule has 0 heterocycles. The number of aryl methyl sites for hydroxylation is 1. The van der Waals surface area contributed by atoms with E-state index in [1.807, 2.05) is 6.07 Å². The van der Waals surface area contributed by atoms with Gasteiger partial charge in [0.25, 0.3) is 0 Å². The molecule has 1 aromatic rings. The number of hydrogen-bond donors (Lipinski definition) is 1. The summed E-state index contributed by atoms with van der Waals surface area (Å²) in [4.78, 5) is 10.4. The molecule has 0 amide bonds. The molecule has 5 heteroatoms. The van der Waals surface area contributed by atoms with Gasteiger partial charge in [0.15, 0.2) is 11.5 Å². The fraction of sp³-hybridized carbons (Fsp3) is 0.417. The molecule has 0 fully saturated rings. The highest BCUT2D eigenvalue weighted by atomic mass is 35.5. The van der Waals surface area contributed by atoms with Crippen LogP contribution in [0, 0.1) is 0 Å². The van der Waals surface area contributed by atoms with Crippen molar-refractivity contribution in [3.8, 4) is 11.5 Å². The third kappa shape index (κ3) is 3.53. The first-order chi connectivity index (χ1) is 8.10. The topological polar surface area (TPSA) is 55.8 Å². The Morgan fingerprint density at radius 1 is 1.35 bits per heavy atom. The summed E-state index contributed by atoms with van der Waals surface area (Å²) < 4.78 is 10.3. The van der Waals surface area contributed by atoms with Crippen LogP contribution in [0.25, 0.3) is 0 Å². The van der Waals surface area contributed by atoms with E-state index in [1.165, 1.54) is 14.2 Å². The lowest BCUT2D eigenvalue weighted by Gasteiger charge is -2.12. The zero-order valence-electron chi connectivity index (χ0n) is 9.83. The molecule has 0 bridgehead atoms. The Hall–Kier alpha value is -1.42. The Bertz CT molecular complexity index is 404. The summed E-state index contributed by atoms with van der Waals surface area (Å²) >= 11 is 6.16. The average Bonchev–Trinajstić information content (AvgIpc) is 2.30. The summed E-state index contributed by atoms with van der Waals surface area (Å²) in [5, 5.41) is 9.05. The van der Waals surface area contributed by atoms with Crippen molar-refractivity contribution in [2.24, 2.45) is 0 Å². The van der Waals surface area contributed by atoms with Crippen molar-refractivity contribution in [3.63, 3.8) is 0 Å². The van der Waals surface area contributed by atoms with E-state index in [-0.39, 0.29) is 6.42 Å². The molecule has 0 saturated heterocycles. The Morgan fingerprint density at radius 3 is 2.59 bits per heavy atom. The monoisotopic (exact) mass is 258 g/mol. The maximum atomic E-state index is 10.4. The van der Waals surface area contributed by atoms with Gasteiger partial charge >= 0.3 is 5.97 Å². The molecule has 0 atom stereocenters. The number of aliphatic carboxylic acids is 1. The Balaban J connectivity index is 2.83. The van der Waals surface area contributed by atoms with Crippen molar-refractivity contribution in [1.29, 1.82) is 0 Å². The molecular formula is C12H15ClO4. The first kappa shape index (κ1) is 13.6. The van der Waals surface area contributed by atoms with Gasteiger partial charge in [0.05, 0.1) is 19.2 Å². The number of halogens is 1. The standard InChI is InChI=1S/C12H15ClO4/c1-16-9-7-6-8(4-3-5-10(14)15)11(13)12(9)17-2/h6-7H,3-5H2,1-2H3,(H,14,15). The number of benzene rings is 1. The summed E-state index contributed by atoms with van der Waals surface area (Å²) in [7, 11) is 3.06. The van der Waals surface area contributed by atoms with Crippen LogP contribution >= 0.6 is 11.6 Å². The number of carboxylic acids is 1. The second-order valence-corrected chi connectivity index (χ2v) is 3.90. The summed E-state index contributed by atoms with van der Waals surface area (Å²) in [6.45, 7) is 0. The first-order valence-electron chi connectivity index (χ1n) is 5.21. The summed E-state index contributed by atoms with van der Waals surface area (Å²) in [6, 6.07) is 3.59. The van der Waals surface area contributed by atoms with Crippen LogP contribution in [0.4, 0.5) is 0 Å². The second-order valence-electron chi connectivity index (χ2n) is 3.52. The van der Waals surface area contributed by atoms with Gasteiger partial charge in [-0.2, -0.15) is 0 Å². The third-order valence-corrected chi connectivity index (χ3v) is 2.82. The highest BCUT2D eigenvalue weighted by molar-refractivity contribution is 6.33. The number of hydrogen-bond acceptors (Lipinski definition) is 3. The van der Waals surface area contributed by atoms with E-state index in [1.54, 1.807) is 6.07 Å². The van der Waals surface area contributed by atoms with E-state index in [4.69, 9.17) is 26.2 Å². The van der Waals surface area contributed by atoms with E-state index in [0.29, 0.717) is 29.4 Å². The molecule has 0 radical (unpaired) electrons. The average molecular weight is 259 g/mol. The minimum atomic E-state index is -0.804. The molecule has 0 unspecified atom stereocenters. The molecule has 17 heavy (non-hydrogen) atoms. The number of methoxy groups -OCH3 is 2. The van der Waals surface area contributed by atoms with Gasteiger partial charge in [-0.25, -0.2) is 0 Å². The minimum Gasteiger partial charge on any atom is -0.493 e. The van der Waals surface area contributed by atoms with Crippen molar-refractivity contribution in [2.75, 3.05) is 14.2 Å². The summed E-state index contributed by atoms with van der Waals surface area (Å²) in [5.41, 5.74) is 0.866. The molecule has 0 aliphatic carbocycles. The van der Waals surface area contributed by atoms with Crippen molar-refractivity contribution < 1.29 is 19.4 Å². The zero-order valence-corrected chi connectivity index (χ0v) is 10.6. The summed E-state index contributed by atoms with van der Waals surface area (Å²) in [6.07, 6.45) is 1.28. The Labute approximate surface area is 105 Å². The van der Waals surface area contributed by atoms with E-state index in [0.717, 1.165) is 5.56 Å². The van der Waals surface area contributed by atoms with Crippen LogP contribution in [0.3, 0.4) is 0 Å². The highest BCUT2D eigenvalue weighted by Gasteiger charge is 2.12. The molecular weight excluding hydrogens is 244 g/mol. The molecule has 0 aliphatic heterocycles. The molecule has 1 aromatic carbocycles. The second kappa shape index (κ2) is 6.35. The van der Waals surface area contributed by atoms with Gasteiger partial charge in [-0.3, -0.25) is 4.79 Å². The predicted molar refractivity (Wildman–Crippen MR) is 65.1 cm³/mol. The van der Waals surface area contributed by atoms with Crippen molar-refractivity contribution in [2.45, 2.75) is 19.3 Å². The van der Waals surface area contributed by atoms with Crippen molar-refractivity contribution in [3.05, 3.63) is 22.7 Å². The minimum absolute atomic E-state index is 0.130. The maximum absolute atomic E-state index is 10.4. The Kier molecular flexibility index (Phi) is 5.10. The van der Waals surface area contributed by atoms with Gasteiger partial charge in [-0.15, -0.1) is 0 Å². The lowest BCUT2D eigenvalue weighted by Crippen LogP contribution is -1.98. The van der Waals surface area contributed by atoms with Gasteiger partial charge in [-0.05, 0) is 24.5 Å². The zero-order chi connectivity index (χ0) is 12.8. The molecule has 1 N–H and O–H groups in total. The van der Waals surface area contributed by atoms with Crippen molar-refractivity contribution in [1.82, 2.24) is 0 Å². The number of rotatable bonds is 6. The number of carbonyl (C=O) groups is 1. The smallest absolute Gasteiger partial charge is 0.303 e. The van der Waals surface area contributed by atoms with Gasteiger partial charge in [0.2, 0.25) is 0 Å². The fourth-order valence-corrected chi connectivity index (χ4v) is 1.88. The first-order valence-corrected chi connectivity index (χ1v) is 5.59. The van der Waals surface area contributed by atoms with Crippen LogP contribution in [0.2, 0.25) is 5.02 Å². The number of ether oxygens (including phenoxy) is 2. The van der Waals surface area contributed by atoms with Gasteiger partial charge in [-0.1, -0.05) is 17.7 Å². The molecule has 0 aromatic heterocycles. The van der Waals surface area contributed by atoms with Crippen LogP contribution in [0.15, 0.2) is 12.1 Å². The van der Waals surface area contributed by atoms with Gasteiger partial charge in [0, 0.05) is 6.42 Å². The lowest BCUT2D eigenvalue weighted by molar-refractivity contribution is -0.137. The van der Waals surface area contributed by atoms with Crippen LogP contribution in [-0.2, 0) is 11.2 Å². The van der Waals surface area contributed by atoms with E-state index in [2.05, 4.69) is 0 Å². The van der Waals surface area contributed by atoms with E-state index < -0.39 is 5.97 Å². The predicted octanol–water partition coefficient (Wildman–Crippen LogP) is 2.76. The van der Waals surface area contributed by atoms with Crippen molar-refractivity contribution >= 4 is 17.6 Å². The van der Waals surface area contributed by atoms with E-state index in [9.17, 15) is 4.79 Å². The fourth-order valence-electron chi connectivity index (χ4n) is 1.55. The third-order valence-electron chi connectivity index (χ3n) is 2.40. The highest BCUT2D eigenvalue weighted by Crippen LogP contribution is 2.37. The normalized spacial score (nSPS) is 10.1. The number of carboxylic acid groups (broad SMARTS) is 1. The van der Waals surface area contributed by atoms with Crippen LogP contribution in [0.1, 0.15) is 18.4 Å². The molecule has 0 saturated carbocycles. The largest absolute Gasteiger partial charge is 0.493 e.